The number of rotatable bonds is 29. The number of thiazole rings is 1. The highest BCUT2D eigenvalue weighted by Gasteiger charge is 2.25. The molecule has 4 amide bonds. The molecule has 0 atom stereocenters. The Morgan fingerprint density at radius 3 is 2.10 bits per heavy atom. The number of hydrogen-bond donors (Lipinski definition) is 7. The van der Waals surface area contributed by atoms with Crippen LogP contribution < -0.4 is 36.8 Å². The lowest BCUT2D eigenvalue weighted by atomic mass is 10.0. The van der Waals surface area contributed by atoms with E-state index in [1.807, 2.05) is 36.4 Å². The standard InChI is InChI=1S/C55H66F2N12O11S/c1-35-54(69(74)75)81-55(60-35)64-53(73)44-6-4-42(32-48(44)61-36(2)70)58-11-19-77-21-23-79-25-26-80-24-22-78-20-12-59-50(71)34-67-13-15-68(16-14-67)43-5-7-45(49(33-43)62-41-9-17-76-18-10-41)52(72)63-51-46-30-37(3-8-47(46)65-66-51)27-38-28-39(56)31-40(57)29-38/h3-8,28-33,41,58,62H,9-27,34H2,1-2H3,(H,59,71)(H,61,70)(H,60,64,73)(H2,63,65,66,72). The number of amides is 4. The summed E-state index contributed by atoms with van der Waals surface area (Å²) in [5.74, 6) is -2.35. The Balaban J connectivity index is 0.670. The molecule has 2 aliphatic heterocycles. The lowest BCUT2D eigenvalue weighted by Crippen LogP contribution is -2.49. The molecule has 2 aromatic heterocycles. The van der Waals surface area contributed by atoms with E-state index in [9.17, 15) is 38.1 Å². The number of piperazine rings is 1. The molecule has 7 N–H and O–H groups in total. The van der Waals surface area contributed by atoms with E-state index in [0.29, 0.717) is 151 Å². The molecule has 2 saturated heterocycles. The average Bonchev–Trinajstić information content (AvgIpc) is 4.24. The zero-order valence-electron chi connectivity index (χ0n) is 45.0. The molecule has 0 unspecified atom stereocenters. The number of halogens is 2. The van der Waals surface area contributed by atoms with Gasteiger partial charge in [0.05, 0.1) is 86.7 Å². The number of nitrogens with one attached hydrogen (secondary N) is 7. The third-order valence-corrected chi connectivity index (χ3v) is 14.1. The quantitative estimate of drug-likeness (QED) is 0.0148. The zero-order valence-corrected chi connectivity index (χ0v) is 45.9. The Hall–Kier alpha value is -7.72. The van der Waals surface area contributed by atoms with Crippen LogP contribution >= 0.6 is 11.3 Å². The Morgan fingerprint density at radius 1 is 0.765 bits per heavy atom. The summed E-state index contributed by atoms with van der Waals surface area (Å²) < 4.78 is 55.8. The maximum Gasteiger partial charge on any atom is 0.348 e. The molecule has 0 radical (unpaired) electrons. The van der Waals surface area contributed by atoms with Crippen molar-refractivity contribution >= 4 is 84.6 Å². The van der Waals surface area contributed by atoms with Gasteiger partial charge in [0.25, 0.3) is 11.8 Å². The summed E-state index contributed by atoms with van der Waals surface area (Å²) in [6, 6.07) is 19.6. The molecular weight excluding hydrogens is 1070 g/mol. The molecule has 2 fully saturated rings. The fourth-order valence-corrected chi connectivity index (χ4v) is 9.91. The Morgan fingerprint density at radius 2 is 1.42 bits per heavy atom. The second-order valence-electron chi connectivity index (χ2n) is 19.2. The van der Waals surface area contributed by atoms with Crippen molar-refractivity contribution in [3.8, 4) is 0 Å². The van der Waals surface area contributed by atoms with Crippen LogP contribution in [0.15, 0.2) is 72.8 Å². The van der Waals surface area contributed by atoms with Gasteiger partial charge in [0.1, 0.15) is 17.3 Å². The van der Waals surface area contributed by atoms with Crippen LogP contribution in [0.5, 0.6) is 0 Å². The number of aromatic nitrogens is 3. The highest BCUT2D eigenvalue weighted by atomic mass is 32.1. The maximum absolute atomic E-state index is 14.0. The number of carbonyl (C=O) groups excluding carboxylic acids is 4. The third-order valence-electron chi connectivity index (χ3n) is 13.1. The lowest BCUT2D eigenvalue weighted by Gasteiger charge is -2.36. The molecule has 0 bridgehead atoms. The lowest BCUT2D eigenvalue weighted by molar-refractivity contribution is -0.380. The molecule has 6 aromatic rings. The number of aryl methyl sites for hydroxylation is 1. The molecule has 4 aromatic carbocycles. The largest absolute Gasteiger partial charge is 0.383 e. The molecular formula is C55H66F2N12O11S. The number of aromatic amines is 1. The normalized spacial score (nSPS) is 14.0. The van der Waals surface area contributed by atoms with E-state index in [1.54, 1.807) is 12.1 Å². The van der Waals surface area contributed by atoms with Crippen LogP contribution in [0.2, 0.25) is 0 Å². The SMILES string of the molecule is CC(=O)Nc1cc(NCCOCCOCCOCCOCCNC(=O)CN2CCN(c3ccc(C(=O)Nc4n[nH]c5ccc(Cc6cc(F)cc(F)c6)cc45)c(NC4CCOCC4)c3)CC2)ccc1C(=O)Nc1nc(C)c([N+](=O)[O-])s1. The Labute approximate surface area is 469 Å². The van der Waals surface area contributed by atoms with Crippen LogP contribution in [0.25, 0.3) is 10.9 Å². The van der Waals surface area contributed by atoms with Gasteiger partial charge in [0.15, 0.2) is 10.9 Å². The second kappa shape index (κ2) is 29.7. The van der Waals surface area contributed by atoms with Crippen LogP contribution in [-0.2, 0) is 39.7 Å². The number of anilines is 6. The summed E-state index contributed by atoms with van der Waals surface area (Å²) in [7, 11) is 0. The summed E-state index contributed by atoms with van der Waals surface area (Å²) in [4.78, 5) is 70.7. The predicted octanol–water partition coefficient (Wildman–Crippen LogP) is 6.58. The average molecular weight is 1140 g/mol. The van der Waals surface area contributed by atoms with Gasteiger partial charge in [-0.2, -0.15) is 5.10 Å². The van der Waals surface area contributed by atoms with E-state index < -0.39 is 22.5 Å². The van der Waals surface area contributed by atoms with Gasteiger partial charge in [-0.25, -0.2) is 13.8 Å². The minimum Gasteiger partial charge on any atom is -0.383 e. The number of nitro groups is 1. The van der Waals surface area contributed by atoms with Gasteiger partial charge < -0.3 is 55.2 Å². The number of hydrogen-bond acceptors (Lipinski definition) is 18. The van der Waals surface area contributed by atoms with Crippen molar-refractivity contribution in [2.45, 2.75) is 39.2 Å². The molecule has 23 nitrogen and oxygen atoms in total. The molecule has 0 saturated carbocycles. The number of ether oxygens (including phenoxy) is 5. The van der Waals surface area contributed by atoms with Gasteiger partial charge in [-0.15, -0.1) is 0 Å². The second-order valence-corrected chi connectivity index (χ2v) is 20.2. The number of carbonyl (C=O) groups is 4. The predicted molar refractivity (Wildman–Crippen MR) is 303 cm³/mol. The number of nitrogens with zero attached hydrogens (tertiary/aromatic N) is 5. The van der Waals surface area contributed by atoms with E-state index in [4.69, 9.17) is 23.7 Å². The summed E-state index contributed by atoms with van der Waals surface area (Å²) in [5.41, 5.74) is 5.31. The number of benzene rings is 4. The molecule has 4 heterocycles. The minimum absolute atomic E-state index is 0.0722. The molecule has 432 valence electrons. The summed E-state index contributed by atoms with van der Waals surface area (Å²) in [5, 5.41) is 37.0. The highest BCUT2D eigenvalue weighted by Crippen LogP contribution is 2.32. The molecule has 2 aliphatic rings. The highest BCUT2D eigenvalue weighted by molar-refractivity contribution is 7.19. The van der Waals surface area contributed by atoms with Gasteiger partial charge in [-0.05, 0) is 109 Å². The van der Waals surface area contributed by atoms with E-state index in [2.05, 4.69) is 56.9 Å². The molecule has 0 spiro atoms. The third kappa shape index (κ3) is 17.9. The topological polar surface area (TPSA) is 278 Å². The monoisotopic (exact) mass is 1140 g/mol. The smallest absolute Gasteiger partial charge is 0.348 e. The zero-order chi connectivity index (χ0) is 57.1. The first kappa shape index (κ1) is 59.4. The fraction of sp³-hybridized carbons (Fsp3) is 0.418. The van der Waals surface area contributed by atoms with Crippen molar-refractivity contribution in [3.63, 3.8) is 0 Å². The van der Waals surface area contributed by atoms with Crippen molar-refractivity contribution in [1.82, 2.24) is 25.4 Å². The van der Waals surface area contributed by atoms with Crippen molar-refractivity contribution in [1.29, 1.82) is 0 Å². The van der Waals surface area contributed by atoms with E-state index >= 15 is 0 Å². The first-order valence-corrected chi connectivity index (χ1v) is 27.4. The summed E-state index contributed by atoms with van der Waals surface area (Å²) in [6.45, 7) is 10.7. The van der Waals surface area contributed by atoms with Crippen molar-refractivity contribution < 1.29 is 56.6 Å². The van der Waals surface area contributed by atoms with Crippen molar-refractivity contribution in [2.75, 3.05) is 143 Å². The molecule has 26 heteroatoms. The Kier molecular flexibility index (Phi) is 21.7. The first-order valence-electron chi connectivity index (χ1n) is 26.6. The van der Waals surface area contributed by atoms with Crippen LogP contribution in [0.1, 0.15) is 57.3 Å². The van der Waals surface area contributed by atoms with Crippen LogP contribution in [0.3, 0.4) is 0 Å². The fourth-order valence-electron chi connectivity index (χ4n) is 9.13. The van der Waals surface area contributed by atoms with Gasteiger partial charge in [0.2, 0.25) is 11.8 Å². The summed E-state index contributed by atoms with van der Waals surface area (Å²) >= 11 is 0.747. The summed E-state index contributed by atoms with van der Waals surface area (Å²) in [6.07, 6.45) is 1.88. The van der Waals surface area contributed by atoms with Gasteiger partial charge in [-0.1, -0.05) is 6.07 Å². The van der Waals surface area contributed by atoms with Crippen LogP contribution in [0, 0.1) is 28.7 Å². The molecule has 8 rings (SSSR count). The number of H-pyrrole nitrogens is 1. The minimum atomic E-state index is -0.644. The van der Waals surface area contributed by atoms with Gasteiger partial charge in [0, 0.05) is 94.0 Å². The molecule has 0 aliphatic carbocycles. The van der Waals surface area contributed by atoms with Gasteiger partial charge >= 0.3 is 5.00 Å². The maximum atomic E-state index is 14.0. The van der Waals surface area contributed by atoms with E-state index in [-0.39, 0.29) is 57.4 Å². The first-order chi connectivity index (χ1) is 39.2. The van der Waals surface area contributed by atoms with Crippen molar-refractivity contribution in [2.24, 2.45) is 0 Å². The van der Waals surface area contributed by atoms with Crippen LogP contribution in [0.4, 0.5) is 47.5 Å². The van der Waals surface area contributed by atoms with Crippen LogP contribution in [-0.4, -0.2) is 167 Å². The number of fused-ring (bicyclic) bond motifs is 1. The van der Waals surface area contributed by atoms with Gasteiger partial charge in [-0.3, -0.25) is 44.6 Å². The Bertz CT molecular complexity index is 3110. The van der Waals surface area contributed by atoms with E-state index in [1.165, 1.54) is 32.0 Å². The van der Waals surface area contributed by atoms with E-state index in [0.717, 1.165) is 41.5 Å². The molecule has 81 heavy (non-hydrogen) atoms. The van der Waals surface area contributed by atoms with Crippen molar-refractivity contribution in [3.05, 3.63) is 122 Å².